The summed E-state index contributed by atoms with van der Waals surface area (Å²) in [7, 11) is 0. The van der Waals surface area contributed by atoms with E-state index in [9.17, 15) is 13.6 Å². The van der Waals surface area contributed by atoms with E-state index >= 15 is 0 Å². The molecule has 2 fully saturated rings. The largest absolute Gasteiger partial charge is 0.377 e. The number of rotatable bonds is 3. The van der Waals surface area contributed by atoms with Crippen LogP contribution in [-0.2, 0) is 16.1 Å². The second-order valence-corrected chi connectivity index (χ2v) is 8.34. The Balaban J connectivity index is 1.61. The van der Waals surface area contributed by atoms with Crippen LogP contribution in [0.3, 0.4) is 0 Å². The van der Waals surface area contributed by atoms with Gasteiger partial charge in [-0.2, -0.15) is 10.2 Å². The van der Waals surface area contributed by atoms with Crippen molar-refractivity contribution in [3.8, 4) is 11.4 Å². The molecule has 1 amide bonds. The van der Waals surface area contributed by atoms with Crippen molar-refractivity contribution in [1.82, 2.24) is 25.0 Å². The van der Waals surface area contributed by atoms with Gasteiger partial charge in [0, 0.05) is 31.6 Å². The van der Waals surface area contributed by atoms with Gasteiger partial charge in [-0.05, 0) is 13.0 Å². The summed E-state index contributed by atoms with van der Waals surface area (Å²) in [4.78, 5) is 21.2. The van der Waals surface area contributed by atoms with E-state index in [-0.39, 0.29) is 24.8 Å². The average Bonchev–Trinajstić information content (AvgIpc) is 3.12. The van der Waals surface area contributed by atoms with Gasteiger partial charge in [0.05, 0.1) is 31.5 Å². The van der Waals surface area contributed by atoms with Gasteiger partial charge in [-0.15, -0.1) is 0 Å². The number of aryl methyl sites for hydroxylation is 1. The molecule has 5 heterocycles. The second kappa shape index (κ2) is 6.46. The first kappa shape index (κ1) is 18.7. The zero-order chi connectivity index (χ0) is 21.3. The lowest BCUT2D eigenvalue weighted by molar-refractivity contribution is -0.119. The third kappa shape index (κ3) is 2.83. The minimum absolute atomic E-state index is 0.0621. The molecule has 1 unspecified atom stereocenters. The number of halogens is 2. The van der Waals surface area contributed by atoms with E-state index in [1.54, 1.807) is 23.0 Å². The first-order chi connectivity index (χ1) is 14.9. The van der Waals surface area contributed by atoms with Crippen LogP contribution >= 0.6 is 0 Å². The highest BCUT2D eigenvalue weighted by Gasteiger charge is 2.62. The normalized spacial score (nSPS) is 25.2. The molecule has 2 aliphatic heterocycles. The van der Waals surface area contributed by atoms with Crippen LogP contribution in [0.15, 0.2) is 18.3 Å². The number of carbonyl (C=O) groups excluding carboxylic acids is 1. The van der Waals surface area contributed by atoms with E-state index in [4.69, 9.17) is 9.72 Å². The number of carbonyl (C=O) groups is 1. The highest BCUT2D eigenvalue weighted by Crippen LogP contribution is 2.50. The van der Waals surface area contributed by atoms with Gasteiger partial charge in [0.15, 0.2) is 0 Å². The molecular formula is C20H21F2N7O2. The maximum atomic E-state index is 14.1. The van der Waals surface area contributed by atoms with Gasteiger partial charge in [-0.3, -0.25) is 14.6 Å². The van der Waals surface area contributed by atoms with E-state index in [0.29, 0.717) is 60.2 Å². The molecule has 162 valence electrons. The summed E-state index contributed by atoms with van der Waals surface area (Å²) in [6, 6.07) is 2.48. The molecule has 3 aromatic rings. The molecule has 3 aliphatic rings. The first-order valence-corrected chi connectivity index (χ1v) is 10.4. The number of aromatic amines is 1. The Morgan fingerprint density at radius 1 is 1.32 bits per heavy atom. The number of hydrogen-bond donors (Lipinski definition) is 1. The lowest BCUT2D eigenvalue weighted by Crippen LogP contribution is -2.44. The van der Waals surface area contributed by atoms with Crippen molar-refractivity contribution in [3.05, 3.63) is 18.3 Å². The van der Waals surface area contributed by atoms with E-state index in [1.807, 2.05) is 6.92 Å². The van der Waals surface area contributed by atoms with Gasteiger partial charge in [-0.1, -0.05) is 0 Å². The third-order valence-corrected chi connectivity index (χ3v) is 6.24. The number of ether oxygens (including phenoxy) is 1. The predicted molar refractivity (Wildman–Crippen MR) is 108 cm³/mol. The molecule has 0 bridgehead atoms. The van der Waals surface area contributed by atoms with Crippen molar-refractivity contribution in [3.63, 3.8) is 0 Å². The minimum Gasteiger partial charge on any atom is -0.377 e. The molecule has 0 aromatic carbocycles. The molecule has 3 aromatic heterocycles. The first-order valence-electron chi connectivity index (χ1n) is 10.4. The van der Waals surface area contributed by atoms with Gasteiger partial charge >= 0.3 is 0 Å². The van der Waals surface area contributed by atoms with Crippen LogP contribution in [0.5, 0.6) is 0 Å². The third-order valence-electron chi connectivity index (χ3n) is 6.24. The lowest BCUT2D eigenvalue weighted by Gasteiger charge is -2.35. The van der Waals surface area contributed by atoms with Gasteiger partial charge in [0.1, 0.15) is 34.3 Å². The Morgan fingerprint density at radius 2 is 2.16 bits per heavy atom. The molecule has 9 nitrogen and oxygen atoms in total. The van der Waals surface area contributed by atoms with Gasteiger partial charge in [0.2, 0.25) is 5.91 Å². The van der Waals surface area contributed by atoms with Crippen LogP contribution in [0.4, 0.5) is 20.3 Å². The number of aromatic nitrogens is 5. The molecule has 1 saturated carbocycles. The maximum Gasteiger partial charge on any atom is 0.270 e. The van der Waals surface area contributed by atoms with Crippen LogP contribution in [0.25, 0.3) is 22.4 Å². The number of nitrogens with zero attached hydrogens (tertiary/aromatic N) is 6. The summed E-state index contributed by atoms with van der Waals surface area (Å²) >= 11 is 0. The van der Waals surface area contributed by atoms with Gasteiger partial charge < -0.3 is 14.5 Å². The highest BCUT2D eigenvalue weighted by molar-refractivity contribution is 6.07. The van der Waals surface area contributed by atoms with Crippen LogP contribution in [0.1, 0.15) is 19.8 Å². The summed E-state index contributed by atoms with van der Waals surface area (Å²) < 4.78 is 35.5. The number of pyridine rings is 1. The molecule has 2 atom stereocenters. The van der Waals surface area contributed by atoms with Crippen molar-refractivity contribution in [2.24, 2.45) is 0 Å². The number of amides is 1. The molecule has 6 rings (SSSR count). The topological polar surface area (TPSA) is 92.2 Å². The van der Waals surface area contributed by atoms with Crippen molar-refractivity contribution in [2.45, 2.75) is 44.3 Å². The Kier molecular flexibility index (Phi) is 3.89. The molecule has 31 heavy (non-hydrogen) atoms. The van der Waals surface area contributed by atoms with E-state index < -0.39 is 12.0 Å². The van der Waals surface area contributed by atoms with Crippen molar-refractivity contribution >= 4 is 28.4 Å². The number of hydrogen-bond acceptors (Lipinski definition) is 6. The summed E-state index contributed by atoms with van der Waals surface area (Å²) in [6.07, 6.45) is 1.47. The van der Waals surface area contributed by atoms with Crippen LogP contribution in [0.2, 0.25) is 0 Å². The zero-order valence-corrected chi connectivity index (χ0v) is 16.9. The Hall–Kier alpha value is -3.08. The van der Waals surface area contributed by atoms with Crippen LogP contribution in [0, 0.1) is 0 Å². The maximum absolute atomic E-state index is 14.1. The minimum atomic E-state index is -2.88. The second-order valence-electron chi connectivity index (χ2n) is 8.34. The number of morpholine rings is 1. The van der Waals surface area contributed by atoms with E-state index in [1.165, 1.54) is 4.90 Å². The van der Waals surface area contributed by atoms with Crippen molar-refractivity contribution in [2.75, 3.05) is 29.6 Å². The Bertz CT molecular complexity index is 1180. The fourth-order valence-corrected chi connectivity index (χ4v) is 4.55. The number of anilines is 2. The predicted octanol–water partition coefficient (Wildman–Crippen LogP) is 2.19. The van der Waals surface area contributed by atoms with Crippen molar-refractivity contribution < 1.29 is 18.3 Å². The summed E-state index contributed by atoms with van der Waals surface area (Å²) in [6.45, 7) is 4.05. The molecule has 11 heteroatoms. The summed E-state index contributed by atoms with van der Waals surface area (Å²) in [5.41, 5.74) is 2.78. The standard InChI is InChI=1S/C20H21F2N7O2/c1-11-10-31-7-6-27(11)15-8-13-19-18(24-15)17(12-2-4-23-25-12)26-28(19)5-3-16(30)29(13)14-9-20(14,21)22/h2,4,8,11,14H,3,5-7,9-10H2,1H3,(H,23,25)/t11-,14?/m1/s1. The monoisotopic (exact) mass is 429 g/mol. The SMILES string of the molecule is C[C@@H]1COCCN1c1cc2c3c(n1)c(-c1cc[nH]n1)nn3CCC(=O)N2C1CC1(F)F. The quantitative estimate of drug-likeness (QED) is 0.686. The molecule has 1 aliphatic carbocycles. The van der Waals surface area contributed by atoms with Gasteiger partial charge in [0.25, 0.3) is 5.92 Å². The fourth-order valence-electron chi connectivity index (χ4n) is 4.55. The van der Waals surface area contributed by atoms with Gasteiger partial charge in [-0.25, -0.2) is 13.8 Å². The molecular weight excluding hydrogens is 408 g/mol. The highest BCUT2D eigenvalue weighted by atomic mass is 19.3. The van der Waals surface area contributed by atoms with Crippen LogP contribution < -0.4 is 9.80 Å². The van der Waals surface area contributed by atoms with E-state index in [0.717, 1.165) is 0 Å². The molecule has 1 N–H and O–H groups in total. The molecule has 1 saturated heterocycles. The van der Waals surface area contributed by atoms with E-state index in [2.05, 4.69) is 20.2 Å². The fraction of sp³-hybridized carbons (Fsp3) is 0.500. The average molecular weight is 429 g/mol. The lowest BCUT2D eigenvalue weighted by atomic mass is 10.2. The van der Waals surface area contributed by atoms with Crippen LogP contribution in [-0.4, -0.2) is 68.6 Å². The summed E-state index contributed by atoms with van der Waals surface area (Å²) in [5.74, 6) is -2.57. The zero-order valence-electron chi connectivity index (χ0n) is 16.9. The number of H-pyrrole nitrogens is 1. The Morgan fingerprint density at radius 3 is 2.87 bits per heavy atom. The number of alkyl halides is 2. The summed E-state index contributed by atoms with van der Waals surface area (Å²) in [5, 5.41) is 11.7. The smallest absolute Gasteiger partial charge is 0.270 e. The molecule has 0 radical (unpaired) electrons. The number of nitrogens with one attached hydrogen (secondary N) is 1. The Labute approximate surface area is 176 Å². The molecule has 0 spiro atoms. The van der Waals surface area contributed by atoms with Crippen molar-refractivity contribution in [1.29, 1.82) is 0 Å².